The third kappa shape index (κ3) is 6.17. The minimum absolute atomic E-state index is 0.0615. The van der Waals surface area contributed by atoms with Crippen LogP contribution >= 0.6 is 0 Å². The second-order valence-corrected chi connectivity index (χ2v) is 6.14. The molecule has 120 valence electrons. The van der Waals surface area contributed by atoms with Crippen LogP contribution in [-0.4, -0.2) is 6.54 Å². The first-order valence-corrected chi connectivity index (χ1v) is 8.60. The summed E-state index contributed by atoms with van der Waals surface area (Å²) in [6.07, 6.45) is 9.05. The Morgan fingerprint density at radius 2 is 1.52 bits per heavy atom. The van der Waals surface area contributed by atoms with Crippen LogP contribution in [0.5, 0.6) is 0 Å². The van der Waals surface area contributed by atoms with Crippen LogP contribution in [0.1, 0.15) is 81.5 Å². The van der Waals surface area contributed by atoms with Crippen LogP contribution in [0.15, 0.2) is 12.1 Å². The molecule has 2 heteroatoms. The SMILES string of the molecule is CCCCCCCCC(NCC)c1cc(C)c(F)c(C)c1. The van der Waals surface area contributed by atoms with Crippen molar-refractivity contribution >= 4 is 0 Å². The average molecular weight is 293 g/mol. The van der Waals surface area contributed by atoms with Crippen molar-refractivity contribution in [2.75, 3.05) is 6.54 Å². The lowest BCUT2D eigenvalue weighted by Gasteiger charge is -2.20. The van der Waals surface area contributed by atoms with Crippen molar-refractivity contribution < 1.29 is 4.39 Å². The van der Waals surface area contributed by atoms with E-state index in [1.807, 2.05) is 26.0 Å². The number of rotatable bonds is 10. The van der Waals surface area contributed by atoms with E-state index in [1.165, 1.54) is 44.1 Å². The summed E-state index contributed by atoms with van der Waals surface area (Å²) in [5.41, 5.74) is 2.76. The monoisotopic (exact) mass is 293 g/mol. The molecule has 1 N–H and O–H groups in total. The van der Waals surface area contributed by atoms with Gasteiger partial charge in [0.2, 0.25) is 0 Å². The van der Waals surface area contributed by atoms with Gasteiger partial charge < -0.3 is 5.32 Å². The van der Waals surface area contributed by atoms with Gasteiger partial charge in [-0.1, -0.05) is 64.5 Å². The van der Waals surface area contributed by atoms with E-state index in [1.54, 1.807) is 0 Å². The number of hydrogen-bond donors (Lipinski definition) is 1. The summed E-state index contributed by atoms with van der Waals surface area (Å²) in [6.45, 7) is 9.06. The molecule has 0 spiro atoms. The Morgan fingerprint density at radius 1 is 0.952 bits per heavy atom. The van der Waals surface area contributed by atoms with E-state index < -0.39 is 0 Å². The van der Waals surface area contributed by atoms with Crippen molar-refractivity contribution in [3.8, 4) is 0 Å². The summed E-state index contributed by atoms with van der Waals surface area (Å²) in [6, 6.07) is 4.37. The Labute approximate surface area is 130 Å². The van der Waals surface area contributed by atoms with Gasteiger partial charge in [0, 0.05) is 6.04 Å². The highest BCUT2D eigenvalue weighted by molar-refractivity contribution is 5.32. The van der Waals surface area contributed by atoms with Gasteiger partial charge in [0.1, 0.15) is 5.82 Å². The Balaban J connectivity index is 2.56. The first-order valence-electron chi connectivity index (χ1n) is 8.60. The molecule has 0 saturated heterocycles. The van der Waals surface area contributed by atoms with E-state index >= 15 is 0 Å². The van der Waals surface area contributed by atoms with Gasteiger partial charge in [-0.25, -0.2) is 4.39 Å². The van der Waals surface area contributed by atoms with Crippen molar-refractivity contribution in [3.05, 3.63) is 34.6 Å². The normalized spacial score (nSPS) is 12.6. The number of aryl methyl sites for hydroxylation is 2. The van der Waals surface area contributed by atoms with Gasteiger partial charge in [-0.05, 0) is 43.5 Å². The minimum Gasteiger partial charge on any atom is -0.310 e. The van der Waals surface area contributed by atoms with Crippen LogP contribution in [0, 0.1) is 19.7 Å². The Bertz CT molecular complexity index is 391. The van der Waals surface area contributed by atoms with Gasteiger partial charge >= 0.3 is 0 Å². The van der Waals surface area contributed by atoms with Gasteiger partial charge in [-0.2, -0.15) is 0 Å². The lowest BCUT2D eigenvalue weighted by atomic mass is 9.96. The molecule has 0 aliphatic carbocycles. The molecule has 1 aromatic carbocycles. The second-order valence-electron chi connectivity index (χ2n) is 6.14. The zero-order valence-corrected chi connectivity index (χ0v) is 14.3. The number of benzene rings is 1. The van der Waals surface area contributed by atoms with Crippen molar-refractivity contribution in [3.63, 3.8) is 0 Å². The molecule has 1 rings (SSSR count). The first kappa shape index (κ1) is 18.2. The average Bonchev–Trinajstić information content (AvgIpc) is 2.46. The zero-order chi connectivity index (χ0) is 15.7. The highest BCUT2D eigenvalue weighted by atomic mass is 19.1. The maximum atomic E-state index is 13.8. The molecule has 1 nitrogen and oxygen atoms in total. The highest BCUT2D eigenvalue weighted by Crippen LogP contribution is 2.24. The van der Waals surface area contributed by atoms with Crippen molar-refractivity contribution in [1.29, 1.82) is 0 Å². The van der Waals surface area contributed by atoms with E-state index in [4.69, 9.17) is 0 Å². The molecular weight excluding hydrogens is 261 g/mol. The smallest absolute Gasteiger partial charge is 0.129 e. The number of halogens is 1. The molecule has 0 aliphatic heterocycles. The third-order valence-electron chi connectivity index (χ3n) is 4.16. The van der Waals surface area contributed by atoms with Gasteiger partial charge in [-0.3, -0.25) is 0 Å². The van der Waals surface area contributed by atoms with Gasteiger partial charge in [-0.15, -0.1) is 0 Å². The first-order chi connectivity index (χ1) is 10.1. The van der Waals surface area contributed by atoms with E-state index in [2.05, 4.69) is 19.2 Å². The lowest BCUT2D eigenvalue weighted by Crippen LogP contribution is -2.21. The largest absolute Gasteiger partial charge is 0.310 e. The molecule has 0 fully saturated rings. The predicted molar refractivity (Wildman–Crippen MR) is 90.3 cm³/mol. The number of nitrogens with one attached hydrogen (secondary N) is 1. The maximum Gasteiger partial charge on any atom is 0.129 e. The van der Waals surface area contributed by atoms with E-state index in [0.717, 1.165) is 24.1 Å². The zero-order valence-electron chi connectivity index (χ0n) is 14.3. The van der Waals surface area contributed by atoms with Crippen molar-refractivity contribution in [2.24, 2.45) is 0 Å². The Kier molecular flexibility index (Phi) is 8.60. The van der Waals surface area contributed by atoms with Gasteiger partial charge in [0.25, 0.3) is 0 Å². The fraction of sp³-hybridized carbons (Fsp3) is 0.684. The third-order valence-corrected chi connectivity index (χ3v) is 4.16. The van der Waals surface area contributed by atoms with Gasteiger partial charge in [0.15, 0.2) is 0 Å². The minimum atomic E-state index is -0.0615. The summed E-state index contributed by atoms with van der Waals surface area (Å²) in [5, 5.41) is 3.55. The van der Waals surface area contributed by atoms with Crippen LogP contribution in [0.25, 0.3) is 0 Å². The summed E-state index contributed by atoms with van der Waals surface area (Å²) in [7, 11) is 0. The van der Waals surface area contributed by atoms with Crippen molar-refractivity contribution in [1.82, 2.24) is 5.32 Å². The molecule has 21 heavy (non-hydrogen) atoms. The predicted octanol–water partition coefficient (Wildman–Crippen LogP) is 5.84. The molecule has 0 saturated carbocycles. The maximum absolute atomic E-state index is 13.8. The molecular formula is C19H32FN. The number of unbranched alkanes of at least 4 members (excludes halogenated alkanes) is 5. The summed E-state index contributed by atoms with van der Waals surface area (Å²) in [5.74, 6) is -0.0615. The molecule has 1 aromatic rings. The molecule has 0 amide bonds. The molecule has 0 radical (unpaired) electrons. The number of hydrogen-bond acceptors (Lipinski definition) is 1. The van der Waals surface area contributed by atoms with Crippen LogP contribution in [0.4, 0.5) is 4.39 Å². The second kappa shape index (κ2) is 9.94. The van der Waals surface area contributed by atoms with E-state index in [9.17, 15) is 4.39 Å². The fourth-order valence-electron chi connectivity index (χ4n) is 2.94. The Morgan fingerprint density at radius 3 is 2.10 bits per heavy atom. The van der Waals surface area contributed by atoms with Crippen LogP contribution in [-0.2, 0) is 0 Å². The molecule has 0 bridgehead atoms. The summed E-state index contributed by atoms with van der Waals surface area (Å²) in [4.78, 5) is 0. The van der Waals surface area contributed by atoms with Crippen LogP contribution in [0.2, 0.25) is 0 Å². The lowest BCUT2D eigenvalue weighted by molar-refractivity contribution is 0.475. The molecule has 0 aromatic heterocycles. The van der Waals surface area contributed by atoms with Crippen LogP contribution in [0.3, 0.4) is 0 Å². The molecule has 0 heterocycles. The molecule has 1 unspecified atom stereocenters. The standard InChI is InChI=1S/C19H32FN/c1-5-7-8-9-10-11-12-18(21-6-2)17-13-15(3)19(20)16(4)14-17/h13-14,18,21H,5-12H2,1-4H3. The topological polar surface area (TPSA) is 12.0 Å². The van der Waals surface area contributed by atoms with E-state index in [0.29, 0.717) is 6.04 Å². The van der Waals surface area contributed by atoms with Crippen molar-refractivity contribution in [2.45, 2.75) is 78.7 Å². The van der Waals surface area contributed by atoms with Gasteiger partial charge in [0.05, 0.1) is 0 Å². The van der Waals surface area contributed by atoms with Crippen LogP contribution < -0.4 is 5.32 Å². The fourth-order valence-corrected chi connectivity index (χ4v) is 2.94. The molecule has 1 atom stereocenters. The Hall–Kier alpha value is -0.890. The summed E-state index contributed by atoms with van der Waals surface area (Å²) >= 11 is 0. The quantitative estimate of drug-likeness (QED) is 0.534. The summed E-state index contributed by atoms with van der Waals surface area (Å²) < 4.78 is 13.8. The molecule has 0 aliphatic rings. The highest BCUT2D eigenvalue weighted by Gasteiger charge is 2.13. The van der Waals surface area contributed by atoms with E-state index in [-0.39, 0.29) is 5.82 Å².